The van der Waals surface area contributed by atoms with Gasteiger partial charge in [-0.15, -0.1) is 0 Å². The van der Waals surface area contributed by atoms with Gasteiger partial charge in [0, 0.05) is 11.0 Å². The molecule has 0 aromatic heterocycles. The normalized spacial score (nSPS) is 10.5. The summed E-state index contributed by atoms with van der Waals surface area (Å²) in [6, 6.07) is 8.08. The number of halogens is 4. The Balaban J connectivity index is 2.17. The van der Waals surface area contributed by atoms with E-state index in [4.69, 9.17) is 0 Å². The lowest BCUT2D eigenvalue weighted by Crippen LogP contribution is -2.00. The van der Waals surface area contributed by atoms with E-state index >= 15 is 0 Å². The van der Waals surface area contributed by atoms with Crippen LogP contribution in [0.3, 0.4) is 0 Å². The second-order valence-electron chi connectivity index (χ2n) is 3.89. The van der Waals surface area contributed by atoms with Crippen molar-refractivity contribution < 1.29 is 9.50 Å². The van der Waals surface area contributed by atoms with E-state index in [1.54, 1.807) is 18.2 Å². The van der Waals surface area contributed by atoms with Crippen LogP contribution in [0.5, 0.6) is 5.75 Å². The molecule has 0 aliphatic heterocycles. The lowest BCUT2D eigenvalue weighted by molar-refractivity contribution is 0.468. The van der Waals surface area contributed by atoms with Crippen LogP contribution in [0.2, 0.25) is 0 Å². The third-order valence-corrected chi connectivity index (χ3v) is 4.39. The average Bonchev–Trinajstić information content (AvgIpc) is 2.37. The van der Waals surface area contributed by atoms with E-state index in [0.29, 0.717) is 21.2 Å². The van der Waals surface area contributed by atoms with Gasteiger partial charge in [0.25, 0.3) is 0 Å². The molecule has 2 rings (SSSR count). The average molecular weight is 454 g/mol. The number of rotatable bonds is 3. The zero-order valence-corrected chi connectivity index (χ0v) is 14.3. The Labute approximate surface area is 135 Å². The maximum Gasteiger partial charge on any atom is 0.143 e. The largest absolute Gasteiger partial charge is 0.506 e. The van der Waals surface area contributed by atoms with Crippen LogP contribution in [0, 0.1) is 5.82 Å². The first kappa shape index (κ1) is 14.8. The second-order valence-corrected chi connectivity index (χ2v) is 6.45. The molecule has 2 aromatic carbocycles. The Hall–Kier alpha value is -0.590. The quantitative estimate of drug-likeness (QED) is 0.649. The molecule has 0 aliphatic carbocycles. The molecule has 0 heterocycles. The van der Waals surface area contributed by atoms with E-state index in [2.05, 4.69) is 53.1 Å². The summed E-state index contributed by atoms with van der Waals surface area (Å²) in [4.78, 5) is 0. The van der Waals surface area contributed by atoms with Crippen molar-refractivity contribution in [1.82, 2.24) is 0 Å². The van der Waals surface area contributed by atoms with Crippen LogP contribution < -0.4 is 5.32 Å². The van der Waals surface area contributed by atoms with Gasteiger partial charge in [-0.25, -0.2) is 4.39 Å². The molecule has 0 bridgehead atoms. The smallest absolute Gasteiger partial charge is 0.143 e. The standard InChI is InChI=1S/C13H9Br3FNO/c14-9-2-1-8(17)5-12(9)18-6-7-3-10(15)13(19)11(16)4-7/h1-5,18-19H,6H2. The number of hydrogen-bond acceptors (Lipinski definition) is 2. The topological polar surface area (TPSA) is 32.3 Å². The predicted octanol–water partition coefficient (Wildman–Crippen LogP) is 5.43. The van der Waals surface area contributed by atoms with Crippen LogP contribution in [-0.2, 0) is 6.54 Å². The van der Waals surface area contributed by atoms with Crippen molar-refractivity contribution in [1.29, 1.82) is 0 Å². The number of anilines is 1. The molecule has 19 heavy (non-hydrogen) atoms. The molecule has 0 fully saturated rings. The molecule has 100 valence electrons. The molecule has 0 spiro atoms. The van der Waals surface area contributed by atoms with Crippen LogP contribution in [-0.4, -0.2) is 5.11 Å². The minimum atomic E-state index is -0.293. The Kier molecular flexibility index (Phi) is 4.86. The number of aromatic hydroxyl groups is 1. The van der Waals surface area contributed by atoms with Gasteiger partial charge >= 0.3 is 0 Å². The van der Waals surface area contributed by atoms with Gasteiger partial charge in [-0.3, -0.25) is 0 Å². The van der Waals surface area contributed by atoms with Crippen LogP contribution >= 0.6 is 47.8 Å². The second kappa shape index (κ2) is 6.24. The molecule has 0 atom stereocenters. The highest BCUT2D eigenvalue weighted by Crippen LogP contribution is 2.33. The summed E-state index contributed by atoms with van der Waals surface area (Å²) in [6.07, 6.45) is 0. The number of hydrogen-bond donors (Lipinski definition) is 2. The summed E-state index contributed by atoms with van der Waals surface area (Å²) in [5.74, 6) is -0.130. The molecule has 2 N–H and O–H groups in total. The molecule has 6 heteroatoms. The summed E-state index contributed by atoms with van der Waals surface area (Å²) in [7, 11) is 0. The van der Waals surface area contributed by atoms with Gasteiger partial charge in [0.2, 0.25) is 0 Å². The summed E-state index contributed by atoms with van der Waals surface area (Å²) >= 11 is 9.90. The Morgan fingerprint density at radius 2 is 1.63 bits per heavy atom. The predicted molar refractivity (Wildman–Crippen MR) is 84.9 cm³/mol. The van der Waals surface area contributed by atoms with Crippen molar-refractivity contribution in [2.45, 2.75) is 6.54 Å². The van der Waals surface area contributed by atoms with Crippen molar-refractivity contribution in [3.63, 3.8) is 0 Å². The zero-order valence-electron chi connectivity index (χ0n) is 9.55. The first-order valence-corrected chi connectivity index (χ1v) is 7.71. The van der Waals surface area contributed by atoms with Gasteiger partial charge in [0.05, 0.1) is 14.6 Å². The molecule has 2 nitrogen and oxygen atoms in total. The van der Waals surface area contributed by atoms with Gasteiger partial charge in [0.15, 0.2) is 0 Å². The molecule has 0 saturated heterocycles. The van der Waals surface area contributed by atoms with Gasteiger partial charge in [0.1, 0.15) is 11.6 Å². The monoisotopic (exact) mass is 451 g/mol. The van der Waals surface area contributed by atoms with Gasteiger partial charge < -0.3 is 10.4 Å². The Morgan fingerprint density at radius 1 is 1.00 bits per heavy atom. The molecule has 2 aromatic rings. The molecule has 0 saturated carbocycles. The summed E-state index contributed by atoms with van der Waals surface area (Å²) < 4.78 is 15.2. The number of phenols is 1. The SMILES string of the molecule is Oc1c(Br)cc(CNc2cc(F)ccc2Br)cc1Br. The Morgan fingerprint density at radius 3 is 2.26 bits per heavy atom. The molecule has 0 radical (unpaired) electrons. The number of phenolic OH excluding ortho intramolecular Hbond substituents is 1. The van der Waals surface area contributed by atoms with E-state index in [-0.39, 0.29) is 11.6 Å². The van der Waals surface area contributed by atoms with E-state index in [1.165, 1.54) is 12.1 Å². The van der Waals surface area contributed by atoms with Crippen LogP contribution in [0.1, 0.15) is 5.56 Å². The maximum atomic E-state index is 13.1. The number of benzene rings is 2. The van der Waals surface area contributed by atoms with E-state index in [1.807, 2.05) is 0 Å². The molecule has 0 unspecified atom stereocenters. The fraction of sp³-hybridized carbons (Fsp3) is 0.0769. The number of nitrogens with one attached hydrogen (secondary N) is 1. The molecule has 0 aliphatic rings. The third-order valence-electron chi connectivity index (χ3n) is 2.49. The fourth-order valence-corrected chi connectivity index (χ4v) is 3.22. The third kappa shape index (κ3) is 3.70. The van der Waals surface area contributed by atoms with Gasteiger partial charge in [-0.1, -0.05) is 0 Å². The summed E-state index contributed by atoms with van der Waals surface area (Å²) in [5, 5.41) is 12.8. The fourth-order valence-electron chi connectivity index (χ4n) is 1.55. The van der Waals surface area contributed by atoms with Gasteiger partial charge in [-0.2, -0.15) is 0 Å². The highest BCUT2D eigenvalue weighted by molar-refractivity contribution is 9.11. The molecular weight excluding hydrogens is 445 g/mol. The van der Waals surface area contributed by atoms with Crippen molar-refractivity contribution in [2.24, 2.45) is 0 Å². The Bertz CT molecular complexity index is 596. The minimum Gasteiger partial charge on any atom is -0.506 e. The summed E-state index contributed by atoms with van der Waals surface area (Å²) in [6.45, 7) is 0.513. The highest BCUT2D eigenvalue weighted by Gasteiger charge is 2.07. The first-order chi connectivity index (χ1) is 8.97. The zero-order chi connectivity index (χ0) is 14.0. The molecular formula is C13H9Br3FNO. The van der Waals surface area contributed by atoms with E-state index in [0.717, 1.165) is 10.0 Å². The molecule has 0 amide bonds. The van der Waals surface area contributed by atoms with Crippen molar-refractivity contribution >= 4 is 53.5 Å². The van der Waals surface area contributed by atoms with Crippen molar-refractivity contribution in [3.05, 3.63) is 55.1 Å². The van der Waals surface area contributed by atoms with Gasteiger partial charge in [-0.05, 0) is 83.7 Å². The van der Waals surface area contributed by atoms with Crippen LogP contribution in [0.4, 0.5) is 10.1 Å². The lowest BCUT2D eigenvalue weighted by Gasteiger charge is -2.10. The van der Waals surface area contributed by atoms with E-state index < -0.39 is 0 Å². The van der Waals surface area contributed by atoms with Crippen molar-refractivity contribution in [3.8, 4) is 5.75 Å². The van der Waals surface area contributed by atoms with Crippen LogP contribution in [0.25, 0.3) is 0 Å². The van der Waals surface area contributed by atoms with Crippen molar-refractivity contribution in [2.75, 3.05) is 5.32 Å². The lowest BCUT2D eigenvalue weighted by atomic mass is 10.2. The first-order valence-electron chi connectivity index (χ1n) is 5.33. The summed E-state index contributed by atoms with van der Waals surface area (Å²) in [5.41, 5.74) is 1.63. The van der Waals surface area contributed by atoms with E-state index in [9.17, 15) is 9.50 Å². The highest BCUT2D eigenvalue weighted by atomic mass is 79.9. The maximum absolute atomic E-state index is 13.1. The van der Waals surface area contributed by atoms with Crippen LogP contribution in [0.15, 0.2) is 43.7 Å². The minimum absolute atomic E-state index is 0.163.